The number of nitrogens with one attached hydrogen (secondary N) is 1. The lowest BCUT2D eigenvalue weighted by Gasteiger charge is -2.26. The first-order valence-corrected chi connectivity index (χ1v) is 4.16. The maximum absolute atomic E-state index is 8.60. The third kappa shape index (κ3) is 2.78. The molecule has 0 bridgehead atoms. The molecule has 0 radical (unpaired) electrons. The van der Waals surface area contributed by atoms with E-state index in [0.29, 0.717) is 6.54 Å². The highest BCUT2D eigenvalue weighted by molar-refractivity contribution is 5.21. The maximum Gasteiger partial charge on any atom is 0.145 e. The molecule has 0 amide bonds. The summed E-state index contributed by atoms with van der Waals surface area (Å²) in [5.41, 5.74) is 12.4. The molecule has 1 aromatic rings. The number of benzene rings is 1. The lowest BCUT2D eigenvalue weighted by molar-refractivity contribution is 0.257. The molecule has 6 N–H and O–H groups in total. The van der Waals surface area contributed by atoms with Crippen LogP contribution in [0.1, 0.15) is 5.56 Å². The fraction of sp³-hybridized carbons (Fsp3) is 0.333. The van der Waals surface area contributed by atoms with E-state index >= 15 is 0 Å². The van der Waals surface area contributed by atoms with Gasteiger partial charge >= 0.3 is 0 Å². The summed E-state index contributed by atoms with van der Waals surface area (Å²) in [7, 11) is 0. The van der Waals surface area contributed by atoms with Crippen LogP contribution in [0.4, 0.5) is 0 Å². The molecule has 0 unspecified atom stereocenters. The molecule has 72 valence electrons. The SMILES string of the molecule is NC(N)(NCCO)c1ccccc1. The van der Waals surface area contributed by atoms with Gasteiger partial charge < -0.3 is 5.11 Å². The highest BCUT2D eigenvalue weighted by Gasteiger charge is 2.19. The van der Waals surface area contributed by atoms with Crippen molar-refractivity contribution in [2.75, 3.05) is 13.2 Å². The minimum Gasteiger partial charge on any atom is -0.395 e. The fourth-order valence-corrected chi connectivity index (χ4v) is 1.08. The van der Waals surface area contributed by atoms with Crippen LogP contribution in [0.5, 0.6) is 0 Å². The molecule has 4 heteroatoms. The maximum atomic E-state index is 8.60. The number of hydrogen-bond donors (Lipinski definition) is 4. The third-order valence-corrected chi connectivity index (χ3v) is 1.78. The molecule has 0 aromatic heterocycles. The van der Waals surface area contributed by atoms with E-state index in [-0.39, 0.29) is 6.61 Å². The summed E-state index contributed by atoms with van der Waals surface area (Å²) in [6, 6.07) is 9.30. The molecule has 0 spiro atoms. The van der Waals surface area contributed by atoms with Gasteiger partial charge in [-0.25, -0.2) is 0 Å². The highest BCUT2D eigenvalue weighted by Crippen LogP contribution is 2.07. The van der Waals surface area contributed by atoms with Gasteiger partial charge in [-0.3, -0.25) is 16.8 Å². The van der Waals surface area contributed by atoms with Gasteiger partial charge in [-0.2, -0.15) is 0 Å². The Bertz CT molecular complexity index is 248. The van der Waals surface area contributed by atoms with Crippen molar-refractivity contribution in [2.24, 2.45) is 11.5 Å². The average molecular weight is 181 g/mol. The zero-order valence-corrected chi connectivity index (χ0v) is 7.40. The van der Waals surface area contributed by atoms with Crippen LogP contribution >= 0.6 is 0 Å². The van der Waals surface area contributed by atoms with E-state index < -0.39 is 5.79 Å². The smallest absolute Gasteiger partial charge is 0.145 e. The lowest BCUT2D eigenvalue weighted by Crippen LogP contribution is -2.58. The van der Waals surface area contributed by atoms with Crippen LogP contribution in [0.25, 0.3) is 0 Å². The molecule has 4 nitrogen and oxygen atoms in total. The molecular formula is C9H15N3O. The van der Waals surface area contributed by atoms with Gasteiger partial charge in [0.25, 0.3) is 0 Å². The molecule has 13 heavy (non-hydrogen) atoms. The van der Waals surface area contributed by atoms with Crippen molar-refractivity contribution in [1.82, 2.24) is 5.32 Å². The van der Waals surface area contributed by atoms with Crippen LogP contribution in [0.2, 0.25) is 0 Å². The Morgan fingerprint density at radius 2 is 1.85 bits per heavy atom. The molecule has 0 aliphatic heterocycles. The van der Waals surface area contributed by atoms with Gasteiger partial charge in [0, 0.05) is 12.1 Å². The van der Waals surface area contributed by atoms with Crippen molar-refractivity contribution in [3.8, 4) is 0 Å². The second-order valence-electron chi connectivity index (χ2n) is 2.89. The van der Waals surface area contributed by atoms with E-state index in [4.69, 9.17) is 16.6 Å². The predicted octanol–water partition coefficient (Wildman–Crippen LogP) is -0.704. The van der Waals surface area contributed by atoms with Gasteiger partial charge in [-0.15, -0.1) is 0 Å². The quantitative estimate of drug-likeness (QED) is 0.463. The summed E-state index contributed by atoms with van der Waals surface area (Å²) in [5, 5.41) is 11.4. The lowest BCUT2D eigenvalue weighted by atomic mass is 10.1. The molecule has 0 saturated carbocycles. The zero-order chi connectivity index (χ0) is 9.73. The topological polar surface area (TPSA) is 84.3 Å². The average Bonchev–Trinajstić information content (AvgIpc) is 2.16. The first kappa shape index (κ1) is 10.1. The van der Waals surface area contributed by atoms with Crippen molar-refractivity contribution in [1.29, 1.82) is 0 Å². The second-order valence-corrected chi connectivity index (χ2v) is 2.89. The number of rotatable bonds is 4. The molecule has 1 aromatic carbocycles. The molecule has 0 heterocycles. The number of hydrogen-bond acceptors (Lipinski definition) is 4. The van der Waals surface area contributed by atoms with Crippen molar-refractivity contribution in [2.45, 2.75) is 5.79 Å². The Kier molecular flexibility index (Phi) is 3.39. The number of aliphatic hydroxyl groups is 1. The Morgan fingerprint density at radius 1 is 1.23 bits per heavy atom. The zero-order valence-electron chi connectivity index (χ0n) is 7.40. The van der Waals surface area contributed by atoms with Gasteiger partial charge in [0.15, 0.2) is 0 Å². The van der Waals surface area contributed by atoms with Gasteiger partial charge in [0.1, 0.15) is 5.79 Å². The van der Waals surface area contributed by atoms with Crippen LogP contribution < -0.4 is 16.8 Å². The first-order valence-electron chi connectivity index (χ1n) is 4.16. The van der Waals surface area contributed by atoms with E-state index in [1.165, 1.54) is 0 Å². The van der Waals surface area contributed by atoms with E-state index in [2.05, 4.69) is 5.32 Å². The summed E-state index contributed by atoms with van der Waals surface area (Å²) in [6.45, 7) is 0.394. The van der Waals surface area contributed by atoms with Gasteiger partial charge in [-0.05, 0) is 0 Å². The molecule has 0 saturated heterocycles. The third-order valence-electron chi connectivity index (χ3n) is 1.78. The van der Waals surface area contributed by atoms with E-state index in [9.17, 15) is 0 Å². The monoisotopic (exact) mass is 181 g/mol. The van der Waals surface area contributed by atoms with Crippen LogP contribution in [-0.2, 0) is 5.79 Å². The van der Waals surface area contributed by atoms with Crippen molar-refractivity contribution in [3.05, 3.63) is 35.9 Å². The summed E-state index contributed by atoms with van der Waals surface area (Å²) >= 11 is 0. The number of nitrogens with two attached hydrogens (primary N) is 2. The van der Waals surface area contributed by atoms with Crippen LogP contribution in [0.15, 0.2) is 30.3 Å². The number of aliphatic hydroxyl groups excluding tert-OH is 1. The van der Waals surface area contributed by atoms with Gasteiger partial charge in [0.2, 0.25) is 0 Å². The van der Waals surface area contributed by atoms with Crippen molar-refractivity contribution in [3.63, 3.8) is 0 Å². The fourth-order valence-electron chi connectivity index (χ4n) is 1.08. The molecule has 1 rings (SSSR count). The van der Waals surface area contributed by atoms with Crippen LogP contribution in [0.3, 0.4) is 0 Å². The van der Waals surface area contributed by atoms with E-state index in [0.717, 1.165) is 5.56 Å². The molecule has 0 atom stereocenters. The predicted molar refractivity (Wildman–Crippen MR) is 51.6 cm³/mol. The molecular weight excluding hydrogens is 166 g/mol. The van der Waals surface area contributed by atoms with Crippen molar-refractivity contribution < 1.29 is 5.11 Å². The first-order chi connectivity index (χ1) is 6.17. The largest absolute Gasteiger partial charge is 0.395 e. The van der Waals surface area contributed by atoms with Crippen molar-refractivity contribution >= 4 is 0 Å². The minimum atomic E-state index is -1.07. The summed E-state index contributed by atoms with van der Waals surface area (Å²) < 4.78 is 0. The second kappa shape index (κ2) is 4.34. The molecule has 0 aliphatic rings. The Balaban J connectivity index is 2.69. The van der Waals surface area contributed by atoms with Crippen LogP contribution in [-0.4, -0.2) is 18.3 Å². The van der Waals surface area contributed by atoms with Gasteiger partial charge in [-0.1, -0.05) is 30.3 Å². The molecule has 0 aliphatic carbocycles. The van der Waals surface area contributed by atoms with Gasteiger partial charge in [0.05, 0.1) is 6.61 Å². The van der Waals surface area contributed by atoms with E-state index in [1.807, 2.05) is 30.3 Å². The Hall–Kier alpha value is -0.940. The standard InChI is InChI=1S/C9H15N3O/c10-9(11,12-6-7-13)8-4-2-1-3-5-8/h1-5,12-13H,6-7,10-11H2. The molecule has 0 fully saturated rings. The van der Waals surface area contributed by atoms with Crippen LogP contribution in [0, 0.1) is 0 Å². The summed E-state index contributed by atoms with van der Waals surface area (Å²) in [4.78, 5) is 0. The summed E-state index contributed by atoms with van der Waals surface area (Å²) in [6.07, 6.45) is 0. The highest BCUT2D eigenvalue weighted by atomic mass is 16.3. The minimum absolute atomic E-state index is 0.0168. The van der Waals surface area contributed by atoms with E-state index in [1.54, 1.807) is 0 Å². The Morgan fingerprint density at radius 3 is 2.38 bits per heavy atom. The Labute approximate surface area is 77.6 Å². The summed E-state index contributed by atoms with van der Waals surface area (Å²) in [5.74, 6) is -1.07. The normalized spacial score (nSPS) is 11.6.